The lowest BCUT2D eigenvalue weighted by molar-refractivity contribution is -0.118. The summed E-state index contributed by atoms with van der Waals surface area (Å²) in [5, 5.41) is 3.33. The van der Waals surface area contributed by atoms with Crippen molar-refractivity contribution in [2.45, 2.75) is 6.92 Å². The van der Waals surface area contributed by atoms with Crippen molar-refractivity contribution >= 4 is 34.8 Å². The van der Waals surface area contributed by atoms with Crippen LogP contribution in [0.3, 0.4) is 0 Å². The molecule has 0 radical (unpaired) electrons. The molecule has 0 saturated carbocycles. The molecule has 0 aliphatic carbocycles. The summed E-state index contributed by atoms with van der Waals surface area (Å²) in [5.41, 5.74) is 1.39. The molecule has 0 bridgehead atoms. The molecule has 2 aromatic rings. The van der Waals surface area contributed by atoms with E-state index >= 15 is 0 Å². The van der Waals surface area contributed by atoms with Crippen LogP contribution >= 0.6 is 11.6 Å². The third kappa shape index (κ3) is 5.00. The zero-order valence-electron chi connectivity index (χ0n) is 12.9. The predicted octanol–water partition coefficient (Wildman–Crippen LogP) is 3.34. The molecule has 2 aromatic carbocycles. The van der Waals surface area contributed by atoms with Gasteiger partial charge in [0.05, 0.1) is 0 Å². The number of amides is 2. The molecule has 2 amide bonds. The molecular formula is C17H17ClN2O3. The summed E-state index contributed by atoms with van der Waals surface area (Å²) in [4.78, 5) is 24.7. The molecule has 120 valence electrons. The monoisotopic (exact) mass is 332 g/mol. The van der Waals surface area contributed by atoms with E-state index in [0.29, 0.717) is 16.5 Å². The minimum absolute atomic E-state index is 0.0573. The highest BCUT2D eigenvalue weighted by Gasteiger charge is 2.07. The lowest BCUT2D eigenvalue weighted by Gasteiger charge is -2.15. The molecule has 0 aliphatic heterocycles. The summed E-state index contributed by atoms with van der Waals surface area (Å²) in [6.45, 7) is 1.39. The standard InChI is InChI=1S/C17H17ClN2O3/c1-12(21)20(2)15-7-5-14(6-8-15)19-17(22)11-23-16-9-3-13(18)4-10-16/h3-10H,11H2,1-2H3,(H,19,22). The number of carbonyl (C=O) groups excluding carboxylic acids is 2. The van der Waals surface area contributed by atoms with E-state index in [1.54, 1.807) is 55.6 Å². The van der Waals surface area contributed by atoms with Crippen LogP contribution in [-0.4, -0.2) is 25.5 Å². The molecule has 6 heteroatoms. The van der Waals surface area contributed by atoms with Crippen molar-refractivity contribution in [2.24, 2.45) is 0 Å². The van der Waals surface area contributed by atoms with Gasteiger partial charge in [0.2, 0.25) is 5.91 Å². The normalized spacial score (nSPS) is 10.0. The summed E-state index contributed by atoms with van der Waals surface area (Å²) < 4.78 is 5.36. The van der Waals surface area contributed by atoms with Gasteiger partial charge in [0, 0.05) is 30.4 Å². The molecular weight excluding hydrogens is 316 g/mol. The Morgan fingerprint density at radius 1 is 1.09 bits per heavy atom. The van der Waals surface area contributed by atoms with Crippen molar-refractivity contribution in [1.29, 1.82) is 0 Å². The van der Waals surface area contributed by atoms with Gasteiger partial charge in [-0.05, 0) is 48.5 Å². The van der Waals surface area contributed by atoms with Crippen molar-refractivity contribution in [3.63, 3.8) is 0 Å². The molecule has 2 rings (SSSR count). The SMILES string of the molecule is CC(=O)N(C)c1ccc(NC(=O)COc2ccc(Cl)cc2)cc1. The first kappa shape index (κ1) is 16.8. The lowest BCUT2D eigenvalue weighted by Crippen LogP contribution is -2.23. The number of carbonyl (C=O) groups is 2. The number of nitrogens with one attached hydrogen (secondary N) is 1. The van der Waals surface area contributed by atoms with E-state index in [1.807, 2.05) is 0 Å². The zero-order valence-corrected chi connectivity index (χ0v) is 13.6. The van der Waals surface area contributed by atoms with Crippen molar-refractivity contribution in [3.05, 3.63) is 53.6 Å². The second-order valence-electron chi connectivity index (χ2n) is 4.92. The molecule has 1 N–H and O–H groups in total. The summed E-state index contributed by atoms with van der Waals surface area (Å²) >= 11 is 5.78. The fourth-order valence-electron chi connectivity index (χ4n) is 1.83. The van der Waals surface area contributed by atoms with Crippen molar-refractivity contribution in [3.8, 4) is 5.75 Å². The Morgan fingerprint density at radius 2 is 1.70 bits per heavy atom. The van der Waals surface area contributed by atoms with E-state index in [9.17, 15) is 9.59 Å². The summed E-state index contributed by atoms with van der Waals surface area (Å²) in [5.74, 6) is 0.244. The van der Waals surface area contributed by atoms with Crippen LogP contribution in [0.25, 0.3) is 0 Å². The lowest BCUT2D eigenvalue weighted by atomic mass is 10.2. The fraction of sp³-hybridized carbons (Fsp3) is 0.176. The van der Waals surface area contributed by atoms with E-state index in [0.717, 1.165) is 5.69 Å². The average molecular weight is 333 g/mol. The topological polar surface area (TPSA) is 58.6 Å². The second kappa shape index (κ2) is 7.65. The van der Waals surface area contributed by atoms with Gasteiger partial charge in [0.1, 0.15) is 5.75 Å². The smallest absolute Gasteiger partial charge is 0.262 e. The molecule has 0 unspecified atom stereocenters. The highest BCUT2D eigenvalue weighted by molar-refractivity contribution is 6.30. The molecule has 23 heavy (non-hydrogen) atoms. The number of rotatable bonds is 5. The number of anilines is 2. The highest BCUT2D eigenvalue weighted by atomic mass is 35.5. The maximum atomic E-state index is 11.9. The third-order valence-corrected chi connectivity index (χ3v) is 3.45. The third-order valence-electron chi connectivity index (χ3n) is 3.19. The maximum absolute atomic E-state index is 11.9. The number of hydrogen-bond acceptors (Lipinski definition) is 3. The van der Waals surface area contributed by atoms with Crippen LogP contribution in [0.2, 0.25) is 5.02 Å². The number of hydrogen-bond donors (Lipinski definition) is 1. The van der Waals surface area contributed by atoms with Crippen LogP contribution in [0.5, 0.6) is 5.75 Å². The molecule has 0 atom stereocenters. The van der Waals surface area contributed by atoms with Crippen molar-refractivity contribution in [2.75, 3.05) is 23.9 Å². The van der Waals surface area contributed by atoms with Gasteiger partial charge in [-0.2, -0.15) is 0 Å². The Labute approximate surface area is 139 Å². The van der Waals surface area contributed by atoms with Crippen LogP contribution in [0.15, 0.2) is 48.5 Å². The summed E-state index contributed by atoms with van der Waals surface area (Å²) in [6.07, 6.45) is 0. The quantitative estimate of drug-likeness (QED) is 0.913. The molecule has 0 aromatic heterocycles. The Balaban J connectivity index is 1.87. The fourth-order valence-corrected chi connectivity index (χ4v) is 1.95. The average Bonchev–Trinajstić information content (AvgIpc) is 2.54. The van der Waals surface area contributed by atoms with Gasteiger partial charge >= 0.3 is 0 Å². The first-order chi connectivity index (χ1) is 11.0. The predicted molar refractivity (Wildman–Crippen MR) is 91.1 cm³/mol. The largest absolute Gasteiger partial charge is 0.484 e. The summed E-state index contributed by atoms with van der Waals surface area (Å²) in [6, 6.07) is 13.8. The molecule has 0 aliphatic rings. The van der Waals surface area contributed by atoms with Gasteiger partial charge in [-0.25, -0.2) is 0 Å². The van der Waals surface area contributed by atoms with E-state index in [-0.39, 0.29) is 18.4 Å². The Hall–Kier alpha value is -2.53. The van der Waals surface area contributed by atoms with E-state index in [1.165, 1.54) is 11.8 Å². The van der Waals surface area contributed by atoms with Gasteiger partial charge in [0.25, 0.3) is 5.91 Å². The first-order valence-corrected chi connectivity index (χ1v) is 7.36. The van der Waals surface area contributed by atoms with Crippen LogP contribution in [0.4, 0.5) is 11.4 Å². The van der Waals surface area contributed by atoms with E-state index in [2.05, 4.69) is 5.32 Å². The maximum Gasteiger partial charge on any atom is 0.262 e. The van der Waals surface area contributed by atoms with Gasteiger partial charge in [-0.1, -0.05) is 11.6 Å². The number of halogens is 1. The Bertz CT molecular complexity index is 684. The van der Waals surface area contributed by atoms with E-state index in [4.69, 9.17) is 16.3 Å². The van der Waals surface area contributed by atoms with Crippen LogP contribution in [0.1, 0.15) is 6.92 Å². The van der Waals surface area contributed by atoms with Crippen LogP contribution in [-0.2, 0) is 9.59 Å². The Kier molecular flexibility index (Phi) is 5.60. The van der Waals surface area contributed by atoms with Gasteiger partial charge < -0.3 is 15.0 Å². The van der Waals surface area contributed by atoms with E-state index < -0.39 is 0 Å². The summed E-state index contributed by atoms with van der Waals surface area (Å²) in [7, 11) is 1.69. The molecule has 0 heterocycles. The van der Waals surface area contributed by atoms with Crippen molar-refractivity contribution in [1.82, 2.24) is 0 Å². The van der Waals surface area contributed by atoms with Crippen molar-refractivity contribution < 1.29 is 14.3 Å². The first-order valence-electron chi connectivity index (χ1n) is 6.98. The minimum atomic E-state index is -0.271. The minimum Gasteiger partial charge on any atom is -0.484 e. The number of ether oxygens (including phenoxy) is 1. The highest BCUT2D eigenvalue weighted by Crippen LogP contribution is 2.18. The van der Waals surface area contributed by atoms with Crippen LogP contribution in [0, 0.1) is 0 Å². The van der Waals surface area contributed by atoms with Crippen LogP contribution < -0.4 is 15.0 Å². The van der Waals surface area contributed by atoms with Gasteiger partial charge in [-0.3, -0.25) is 9.59 Å². The number of nitrogens with zero attached hydrogens (tertiary/aromatic N) is 1. The molecule has 0 saturated heterocycles. The van der Waals surface area contributed by atoms with Gasteiger partial charge in [-0.15, -0.1) is 0 Å². The Morgan fingerprint density at radius 3 is 2.26 bits per heavy atom. The van der Waals surface area contributed by atoms with Gasteiger partial charge in [0.15, 0.2) is 6.61 Å². The zero-order chi connectivity index (χ0) is 16.8. The second-order valence-corrected chi connectivity index (χ2v) is 5.35. The molecule has 0 spiro atoms. The molecule has 0 fully saturated rings. The number of benzene rings is 2. The molecule has 5 nitrogen and oxygen atoms in total.